The van der Waals surface area contributed by atoms with Crippen LogP contribution in [0.25, 0.3) is 0 Å². The van der Waals surface area contributed by atoms with Gasteiger partial charge in [0.2, 0.25) is 10.0 Å². The van der Waals surface area contributed by atoms with E-state index >= 15 is 0 Å². The Morgan fingerprint density at radius 2 is 1.73 bits per heavy atom. The van der Waals surface area contributed by atoms with Gasteiger partial charge in [0, 0.05) is 24.2 Å². The molecule has 0 fully saturated rings. The van der Waals surface area contributed by atoms with Crippen LogP contribution in [-0.2, 0) is 33.8 Å². The Labute approximate surface area is 195 Å². The van der Waals surface area contributed by atoms with Gasteiger partial charge in [-0.3, -0.25) is 4.72 Å². The first-order chi connectivity index (χ1) is 15.5. The summed E-state index contributed by atoms with van der Waals surface area (Å²) in [5.74, 6) is -2.09. The summed E-state index contributed by atoms with van der Waals surface area (Å²) in [6, 6.07) is 6.60. The number of sulfonamides is 1. The molecule has 9 nitrogen and oxygen atoms in total. The van der Waals surface area contributed by atoms with E-state index in [2.05, 4.69) is 10.0 Å². The number of anilines is 1. The number of methoxy groups -OCH3 is 1. The van der Waals surface area contributed by atoms with Crippen LogP contribution < -0.4 is 10.0 Å². The van der Waals surface area contributed by atoms with Crippen molar-refractivity contribution < 1.29 is 32.2 Å². The zero-order chi connectivity index (χ0) is 24.8. The molecule has 0 spiro atoms. The molecule has 0 amide bonds. The predicted octanol–water partition coefficient (Wildman–Crippen LogP) is 2.82. The number of nitrogens with one attached hydrogen (secondary N) is 2. The van der Waals surface area contributed by atoms with Crippen LogP contribution in [0.1, 0.15) is 46.1 Å². The number of allylic oxidation sites excluding steroid dienone is 2. The smallest absolute Gasteiger partial charge is 0.337 e. The summed E-state index contributed by atoms with van der Waals surface area (Å²) in [5.41, 5.74) is 2.43. The van der Waals surface area contributed by atoms with Crippen LogP contribution in [0.3, 0.4) is 0 Å². The Morgan fingerprint density at radius 3 is 2.30 bits per heavy atom. The van der Waals surface area contributed by atoms with Crippen molar-refractivity contribution in [3.8, 4) is 0 Å². The second-order valence-corrected chi connectivity index (χ2v) is 9.86. The molecule has 0 bridgehead atoms. The van der Waals surface area contributed by atoms with Gasteiger partial charge >= 0.3 is 11.9 Å². The molecule has 1 heterocycles. The number of carbonyl (C=O) groups excluding carboxylic acids is 2. The fourth-order valence-corrected chi connectivity index (χ4v) is 4.11. The van der Waals surface area contributed by atoms with Gasteiger partial charge in [-0.15, -0.1) is 0 Å². The Hall–Kier alpha value is -2.85. The molecule has 2 rings (SSSR count). The highest BCUT2D eigenvalue weighted by Crippen LogP contribution is 2.40. The average Bonchev–Trinajstić information content (AvgIpc) is 2.72. The van der Waals surface area contributed by atoms with Gasteiger partial charge in [-0.2, -0.15) is 0 Å². The lowest BCUT2D eigenvalue weighted by Gasteiger charge is -2.31. The number of hydrogen-bond acceptors (Lipinski definition) is 8. The highest BCUT2D eigenvalue weighted by Gasteiger charge is 2.38. The van der Waals surface area contributed by atoms with Crippen LogP contribution in [-0.4, -0.2) is 52.5 Å². The molecule has 10 heteroatoms. The highest BCUT2D eigenvalue weighted by atomic mass is 32.2. The topological polar surface area (TPSA) is 120 Å². The van der Waals surface area contributed by atoms with E-state index < -0.39 is 27.9 Å². The van der Waals surface area contributed by atoms with Crippen LogP contribution in [0.5, 0.6) is 0 Å². The van der Waals surface area contributed by atoms with Gasteiger partial charge in [0.25, 0.3) is 0 Å². The van der Waals surface area contributed by atoms with Crippen molar-refractivity contribution in [1.29, 1.82) is 0 Å². The lowest BCUT2D eigenvalue weighted by molar-refractivity contribution is -0.143. The maximum atomic E-state index is 13.1. The number of ether oxygens (including phenoxy) is 3. The van der Waals surface area contributed by atoms with Gasteiger partial charge in [-0.25, -0.2) is 18.0 Å². The third-order valence-electron chi connectivity index (χ3n) is 4.94. The molecule has 0 saturated carbocycles. The van der Waals surface area contributed by atoms with Gasteiger partial charge in [0.15, 0.2) is 0 Å². The van der Waals surface area contributed by atoms with E-state index in [1.165, 1.54) is 14.0 Å². The van der Waals surface area contributed by atoms with Crippen molar-refractivity contribution in [3.05, 3.63) is 52.4 Å². The van der Waals surface area contributed by atoms with Gasteiger partial charge in [-0.05, 0) is 52.3 Å². The molecule has 1 unspecified atom stereocenters. The third-order valence-corrected chi connectivity index (χ3v) is 6.24. The third kappa shape index (κ3) is 6.82. The van der Waals surface area contributed by atoms with Gasteiger partial charge in [0.05, 0.1) is 35.5 Å². The minimum Gasteiger partial charge on any atom is -0.460 e. The number of esters is 2. The Morgan fingerprint density at radius 1 is 1.09 bits per heavy atom. The second kappa shape index (κ2) is 11.3. The maximum Gasteiger partial charge on any atom is 0.337 e. The van der Waals surface area contributed by atoms with Crippen molar-refractivity contribution in [2.75, 3.05) is 30.8 Å². The van der Waals surface area contributed by atoms with E-state index in [0.717, 1.165) is 0 Å². The minimum absolute atomic E-state index is 0.0453. The molecule has 1 aliphatic heterocycles. The van der Waals surface area contributed by atoms with E-state index in [4.69, 9.17) is 14.2 Å². The van der Waals surface area contributed by atoms with Crippen molar-refractivity contribution in [1.82, 2.24) is 5.32 Å². The molecular weight excluding hydrogens is 448 g/mol. The number of rotatable bonds is 10. The van der Waals surface area contributed by atoms with Gasteiger partial charge in [-0.1, -0.05) is 12.1 Å². The summed E-state index contributed by atoms with van der Waals surface area (Å²) < 4.78 is 42.4. The summed E-state index contributed by atoms with van der Waals surface area (Å²) in [4.78, 5) is 26.1. The molecule has 0 aromatic heterocycles. The number of benzene rings is 1. The lowest BCUT2D eigenvalue weighted by Crippen LogP contribution is -2.33. The molecule has 0 saturated heterocycles. The molecule has 182 valence electrons. The average molecular weight is 481 g/mol. The van der Waals surface area contributed by atoms with E-state index in [0.29, 0.717) is 22.6 Å². The zero-order valence-corrected chi connectivity index (χ0v) is 20.7. The van der Waals surface area contributed by atoms with Crippen molar-refractivity contribution in [3.63, 3.8) is 0 Å². The first-order valence-corrected chi connectivity index (χ1v) is 12.3. The number of carbonyl (C=O) groups is 2. The summed E-state index contributed by atoms with van der Waals surface area (Å²) in [7, 11) is -2.02. The first-order valence-electron chi connectivity index (χ1n) is 10.7. The molecular formula is C23H32N2O7S. The highest BCUT2D eigenvalue weighted by molar-refractivity contribution is 7.92. The first kappa shape index (κ1) is 26.4. The second-order valence-electron chi connectivity index (χ2n) is 7.85. The summed E-state index contributed by atoms with van der Waals surface area (Å²) in [6.07, 6.45) is -0.370. The van der Waals surface area contributed by atoms with E-state index in [1.807, 2.05) is 0 Å². The molecule has 0 aliphatic carbocycles. The van der Waals surface area contributed by atoms with Crippen LogP contribution in [0, 0.1) is 0 Å². The maximum absolute atomic E-state index is 13.1. The molecule has 1 aromatic rings. The summed E-state index contributed by atoms with van der Waals surface area (Å²) >= 11 is 0. The van der Waals surface area contributed by atoms with Gasteiger partial charge in [0.1, 0.15) is 6.61 Å². The number of hydrogen-bond donors (Lipinski definition) is 2. The Kier molecular flexibility index (Phi) is 9.07. The fraction of sp³-hybridized carbons (Fsp3) is 0.478. The van der Waals surface area contributed by atoms with Crippen molar-refractivity contribution in [2.24, 2.45) is 0 Å². The van der Waals surface area contributed by atoms with E-state index in [-0.39, 0.29) is 36.2 Å². The number of dihydropyridines is 1. The largest absolute Gasteiger partial charge is 0.460 e. The SMILES string of the molecule is CCS(=O)(=O)Nc1cccc(C2C(C(=O)OCCOC)=C(C)NC(C)=C2C(=O)OC(C)C)c1. The van der Waals surface area contributed by atoms with Crippen molar-refractivity contribution >= 4 is 27.6 Å². The molecule has 1 atom stereocenters. The molecule has 33 heavy (non-hydrogen) atoms. The van der Waals surface area contributed by atoms with Crippen LogP contribution in [0.15, 0.2) is 46.8 Å². The Bertz CT molecular complexity index is 1060. The molecule has 2 N–H and O–H groups in total. The monoisotopic (exact) mass is 480 g/mol. The lowest BCUT2D eigenvalue weighted by atomic mass is 9.80. The normalized spacial score (nSPS) is 16.5. The van der Waals surface area contributed by atoms with E-state index in [1.54, 1.807) is 52.0 Å². The van der Waals surface area contributed by atoms with Crippen molar-refractivity contribution in [2.45, 2.75) is 46.6 Å². The van der Waals surface area contributed by atoms with Crippen LogP contribution in [0.4, 0.5) is 5.69 Å². The quantitative estimate of drug-likeness (QED) is 0.387. The fourth-order valence-electron chi connectivity index (χ4n) is 3.47. The standard InChI is InChI=1S/C23H32N2O7S/c1-7-33(28,29)25-18-10-8-9-17(13-18)21-19(22(26)31-12-11-30-6)15(4)24-16(5)20(21)23(27)32-14(2)3/h8-10,13-14,21,24-25H,7,11-12H2,1-6H3. The van der Waals surface area contributed by atoms with E-state index in [9.17, 15) is 18.0 Å². The van der Waals surface area contributed by atoms with Crippen LogP contribution in [0.2, 0.25) is 0 Å². The summed E-state index contributed by atoms with van der Waals surface area (Å²) in [5, 5.41) is 3.08. The molecule has 0 radical (unpaired) electrons. The molecule has 1 aliphatic rings. The summed E-state index contributed by atoms with van der Waals surface area (Å²) in [6.45, 7) is 8.72. The predicted molar refractivity (Wildman–Crippen MR) is 125 cm³/mol. The Balaban J connectivity index is 2.61. The van der Waals surface area contributed by atoms with Gasteiger partial charge < -0.3 is 19.5 Å². The van der Waals surface area contributed by atoms with Crippen LogP contribution >= 0.6 is 0 Å². The zero-order valence-electron chi connectivity index (χ0n) is 19.9. The minimum atomic E-state index is -3.52. The molecule has 1 aromatic carbocycles.